The molecule has 0 atom stereocenters. The Hall–Kier alpha value is -3.21. The van der Waals surface area contributed by atoms with Crippen LogP contribution in [0.25, 0.3) is 0 Å². The van der Waals surface area contributed by atoms with Crippen LogP contribution in [0.3, 0.4) is 0 Å². The minimum Gasteiger partial charge on any atom is -0.354 e. The molecule has 3 aromatic rings. The van der Waals surface area contributed by atoms with Gasteiger partial charge in [0.1, 0.15) is 5.69 Å². The Morgan fingerprint density at radius 1 is 0.960 bits per heavy atom. The Balaban J connectivity index is 1.62. The lowest BCUT2D eigenvalue weighted by molar-refractivity contribution is 0.0945. The third-order valence-corrected chi connectivity index (χ3v) is 3.66. The molecule has 5 nitrogen and oxygen atoms in total. The van der Waals surface area contributed by atoms with E-state index in [-0.39, 0.29) is 5.91 Å². The first-order valence-corrected chi connectivity index (χ1v) is 8.09. The summed E-state index contributed by atoms with van der Waals surface area (Å²) < 4.78 is 0. The number of aromatic nitrogens is 2. The van der Waals surface area contributed by atoms with Crippen molar-refractivity contribution in [2.24, 2.45) is 0 Å². The van der Waals surface area contributed by atoms with Gasteiger partial charge in [0, 0.05) is 11.9 Å². The zero-order valence-electron chi connectivity index (χ0n) is 14.3. The Bertz CT molecular complexity index is 840. The Morgan fingerprint density at radius 3 is 2.40 bits per heavy atom. The molecule has 0 fully saturated rings. The highest BCUT2D eigenvalue weighted by Crippen LogP contribution is 2.19. The van der Waals surface area contributed by atoms with Gasteiger partial charge >= 0.3 is 0 Å². The molecule has 0 unspecified atom stereocenters. The summed E-state index contributed by atoms with van der Waals surface area (Å²) in [5.41, 5.74) is 5.42. The number of amides is 1. The minimum absolute atomic E-state index is 0.219. The molecule has 2 heterocycles. The molecule has 0 aliphatic heterocycles. The molecule has 0 spiro atoms. The average Bonchev–Trinajstić information content (AvgIpc) is 2.60. The zero-order valence-corrected chi connectivity index (χ0v) is 14.3. The van der Waals surface area contributed by atoms with Gasteiger partial charge in [0.25, 0.3) is 5.91 Å². The maximum atomic E-state index is 12.2. The summed E-state index contributed by atoms with van der Waals surface area (Å²) in [5.74, 6) is -0.219. The van der Waals surface area contributed by atoms with Gasteiger partial charge in [0.2, 0.25) is 0 Å². The highest BCUT2D eigenvalue weighted by atomic mass is 16.1. The third-order valence-electron chi connectivity index (χ3n) is 3.66. The largest absolute Gasteiger partial charge is 0.354 e. The molecule has 126 valence electrons. The topological polar surface area (TPSA) is 66.9 Å². The standard InChI is InChI=1S/C20H20N4O/c1-14-9-15(2)11-18(10-14)24-17-6-7-19(22-13-17)20(25)23-12-16-5-3-4-8-21-16/h3-11,13,24H,12H2,1-2H3,(H,23,25). The number of pyridine rings is 2. The van der Waals surface area contributed by atoms with Crippen molar-refractivity contribution < 1.29 is 4.79 Å². The molecule has 0 aliphatic carbocycles. The van der Waals surface area contributed by atoms with Crippen LogP contribution in [-0.2, 0) is 6.54 Å². The average molecular weight is 332 g/mol. The van der Waals surface area contributed by atoms with Crippen LogP contribution < -0.4 is 10.6 Å². The van der Waals surface area contributed by atoms with Crippen LogP contribution >= 0.6 is 0 Å². The first-order valence-electron chi connectivity index (χ1n) is 8.09. The fraction of sp³-hybridized carbons (Fsp3) is 0.150. The van der Waals surface area contributed by atoms with Crippen LogP contribution in [0.2, 0.25) is 0 Å². The molecule has 2 N–H and O–H groups in total. The number of hydrogen-bond donors (Lipinski definition) is 2. The predicted molar refractivity (Wildman–Crippen MR) is 98.8 cm³/mol. The zero-order chi connectivity index (χ0) is 17.6. The molecule has 0 aliphatic rings. The summed E-state index contributed by atoms with van der Waals surface area (Å²) in [4.78, 5) is 20.6. The summed E-state index contributed by atoms with van der Waals surface area (Å²) in [5, 5.41) is 6.12. The number of nitrogens with one attached hydrogen (secondary N) is 2. The molecule has 0 bridgehead atoms. The molecular weight excluding hydrogens is 312 g/mol. The molecule has 1 amide bonds. The second kappa shape index (κ2) is 7.57. The number of nitrogens with zero attached hydrogens (tertiary/aromatic N) is 2. The summed E-state index contributed by atoms with van der Waals surface area (Å²) in [6, 6.07) is 15.4. The van der Waals surface area contributed by atoms with Gasteiger partial charge in [-0.25, -0.2) is 4.98 Å². The number of anilines is 2. The van der Waals surface area contributed by atoms with E-state index in [0.717, 1.165) is 17.1 Å². The van der Waals surface area contributed by atoms with Crippen LogP contribution in [0.4, 0.5) is 11.4 Å². The van der Waals surface area contributed by atoms with Gasteiger partial charge in [0.15, 0.2) is 0 Å². The Morgan fingerprint density at radius 2 is 1.76 bits per heavy atom. The van der Waals surface area contributed by atoms with Crippen molar-refractivity contribution in [3.05, 3.63) is 83.4 Å². The Kier molecular flexibility index (Phi) is 5.04. The molecule has 25 heavy (non-hydrogen) atoms. The van der Waals surface area contributed by atoms with Gasteiger partial charge in [0.05, 0.1) is 24.1 Å². The summed E-state index contributed by atoms with van der Waals surface area (Å²) in [6.45, 7) is 4.50. The van der Waals surface area contributed by atoms with Crippen molar-refractivity contribution in [1.29, 1.82) is 0 Å². The predicted octanol–water partition coefficient (Wildman–Crippen LogP) is 3.77. The van der Waals surface area contributed by atoms with Crippen molar-refractivity contribution in [1.82, 2.24) is 15.3 Å². The lowest BCUT2D eigenvalue weighted by atomic mass is 10.1. The maximum absolute atomic E-state index is 12.2. The van der Waals surface area contributed by atoms with E-state index in [9.17, 15) is 4.79 Å². The van der Waals surface area contributed by atoms with Gasteiger partial charge in [-0.15, -0.1) is 0 Å². The van der Waals surface area contributed by atoms with Gasteiger partial charge in [-0.3, -0.25) is 9.78 Å². The first-order chi connectivity index (χ1) is 12.1. The van der Waals surface area contributed by atoms with E-state index in [1.807, 2.05) is 24.3 Å². The van der Waals surface area contributed by atoms with E-state index in [4.69, 9.17) is 0 Å². The SMILES string of the molecule is Cc1cc(C)cc(Nc2ccc(C(=O)NCc3ccccn3)nc2)c1. The molecule has 2 aromatic heterocycles. The second-order valence-corrected chi connectivity index (χ2v) is 5.94. The molecule has 5 heteroatoms. The Labute approximate surface area is 147 Å². The van der Waals surface area contributed by atoms with Crippen molar-refractivity contribution in [3.8, 4) is 0 Å². The molecule has 1 aromatic carbocycles. The van der Waals surface area contributed by atoms with Crippen molar-refractivity contribution in [3.63, 3.8) is 0 Å². The monoisotopic (exact) mass is 332 g/mol. The number of hydrogen-bond acceptors (Lipinski definition) is 4. The minimum atomic E-state index is -0.219. The number of aryl methyl sites for hydroxylation is 2. The highest BCUT2D eigenvalue weighted by molar-refractivity contribution is 5.92. The van der Waals surface area contributed by atoms with Crippen LogP contribution in [0.5, 0.6) is 0 Å². The van der Waals surface area contributed by atoms with Crippen LogP contribution in [0.15, 0.2) is 60.9 Å². The first kappa shape index (κ1) is 16.6. The van der Waals surface area contributed by atoms with Crippen molar-refractivity contribution >= 4 is 17.3 Å². The van der Waals surface area contributed by atoms with Crippen LogP contribution in [0.1, 0.15) is 27.3 Å². The summed E-state index contributed by atoms with van der Waals surface area (Å²) >= 11 is 0. The van der Waals surface area contributed by atoms with E-state index in [1.165, 1.54) is 11.1 Å². The fourth-order valence-corrected chi connectivity index (χ4v) is 2.58. The van der Waals surface area contributed by atoms with E-state index in [1.54, 1.807) is 18.5 Å². The highest BCUT2D eigenvalue weighted by Gasteiger charge is 2.07. The van der Waals surface area contributed by atoms with E-state index in [2.05, 4.69) is 52.6 Å². The van der Waals surface area contributed by atoms with Gasteiger partial charge in [-0.05, 0) is 61.4 Å². The van der Waals surface area contributed by atoms with Crippen molar-refractivity contribution in [2.75, 3.05) is 5.32 Å². The number of carbonyl (C=O) groups excluding carboxylic acids is 1. The maximum Gasteiger partial charge on any atom is 0.270 e. The van der Waals surface area contributed by atoms with E-state index in [0.29, 0.717) is 12.2 Å². The quantitative estimate of drug-likeness (QED) is 0.746. The van der Waals surface area contributed by atoms with Gasteiger partial charge in [-0.1, -0.05) is 12.1 Å². The van der Waals surface area contributed by atoms with E-state index < -0.39 is 0 Å². The number of rotatable bonds is 5. The molecule has 0 saturated carbocycles. The lowest BCUT2D eigenvalue weighted by Gasteiger charge is -2.09. The molecule has 0 radical (unpaired) electrons. The van der Waals surface area contributed by atoms with Crippen molar-refractivity contribution in [2.45, 2.75) is 20.4 Å². The van der Waals surface area contributed by atoms with Crippen LogP contribution in [0, 0.1) is 13.8 Å². The molecule has 3 rings (SSSR count). The van der Waals surface area contributed by atoms with Gasteiger partial charge < -0.3 is 10.6 Å². The van der Waals surface area contributed by atoms with E-state index >= 15 is 0 Å². The number of carbonyl (C=O) groups is 1. The smallest absolute Gasteiger partial charge is 0.270 e. The third kappa shape index (κ3) is 4.64. The normalized spacial score (nSPS) is 10.3. The molecular formula is C20H20N4O. The lowest BCUT2D eigenvalue weighted by Crippen LogP contribution is -2.24. The number of benzene rings is 1. The molecule has 0 saturated heterocycles. The van der Waals surface area contributed by atoms with Gasteiger partial charge in [-0.2, -0.15) is 0 Å². The van der Waals surface area contributed by atoms with Crippen LogP contribution in [-0.4, -0.2) is 15.9 Å². The summed E-state index contributed by atoms with van der Waals surface area (Å²) in [6.07, 6.45) is 3.36. The fourth-order valence-electron chi connectivity index (χ4n) is 2.58. The second-order valence-electron chi connectivity index (χ2n) is 5.94. The summed E-state index contributed by atoms with van der Waals surface area (Å²) in [7, 11) is 0.